The van der Waals surface area contributed by atoms with E-state index in [0.717, 1.165) is 0 Å². The average Bonchev–Trinajstić information content (AvgIpc) is 3.13. The second-order valence-electron chi connectivity index (χ2n) is 17.8. The molecule has 3 aliphatic heterocycles. The van der Waals surface area contributed by atoms with E-state index in [0.29, 0.717) is 17.8 Å². The molecule has 0 bridgehead atoms. The lowest BCUT2D eigenvalue weighted by atomic mass is 9.73. The Hall–Kier alpha value is -1.63. The molecule has 0 aromatic heterocycles. The van der Waals surface area contributed by atoms with Gasteiger partial charge in [0.25, 0.3) is 0 Å². The van der Waals surface area contributed by atoms with Crippen molar-refractivity contribution < 1.29 is 58.4 Å². The Morgan fingerprint density at radius 3 is 2.04 bits per heavy atom. The Morgan fingerprint density at radius 1 is 0.893 bits per heavy atom. The highest BCUT2D eigenvalue weighted by Crippen LogP contribution is 2.42. The molecule has 326 valence electrons. The van der Waals surface area contributed by atoms with Crippen molar-refractivity contribution in [2.45, 2.75) is 193 Å². The first-order valence-electron chi connectivity index (χ1n) is 20.3. The number of likely N-dealkylation sites (N-methyl/N-ethyl adjacent to an activating group) is 1. The third-order valence-corrected chi connectivity index (χ3v) is 12.7. The van der Waals surface area contributed by atoms with E-state index >= 15 is 0 Å². The highest BCUT2D eigenvalue weighted by Gasteiger charge is 2.54. The molecule has 3 heterocycles. The minimum absolute atomic E-state index is 0.143. The number of rotatable bonds is 9. The molecule has 3 rings (SSSR count). The van der Waals surface area contributed by atoms with E-state index in [4.69, 9.17) is 33.2 Å². The van der Waals surface area contributed by atoms with Gasteiger partial charge < -0.3 is 58.5 Å². The van der Waals surface area contributed by atoms with Crippen molar-refractivity contribution in [1.29, 1.82) is 0 Å². The summed E-state index contributed by atoms with van der Waals surface area (Å²) in [5, 5.41) is 55.6. The van der Waals surface area contributed by atoms with Crippen LogP contribution in [-0.4, -0.2) is 155 Å². The number of nitrogens with zero attached hydrogens (tertiary/aromatic N) is 3. The fourth-order valence-corrected chi connectivity index (χ4v) is 8.94. The lowest BCUT2D eigenvalue weighted by Crippen LogP contribution is -2.61. The van der Waals surface area contributed by atoms with Crippen LogP contribution in [0.2, 0.25) is 0 Å². The number of aliphatic hydroxyl groups excluding tert-OH is 3. The lowest BCUT2D eigenvalue weighted by molar-refractivity contribution is -0.319. The fourth-order valence-electron chi connectivity index (χ4n) is 8.94. The predicted molar refractivity (Wildman–Crippen MR) is 212 cm³/mol. The number of aliphatic hydroxyl groups is 4. The van der Waals surface area contributed by atoms with Crippen LogP contribution >= 0.6 is 0 Å². The smallest absolute Gasteiger partial charge is 0.311 e. The highest BCUT2D eigenvalue weighted by molar-refractivity contribution is 5.90. The number of carbonyl (C=O) groups is 1. The van der Waals surface area contributed by atoms with Crippen LogP contribution in [0.3, 0.4) is 0 Å². The largest absolute Gasteiger partial charge is 0.459 e. The quantitative estimate of drug-likeness (QED) is 0.150. The molecule has 15 heteroatoms. The topological polar surface area (TPSA) is 191 Å². The molecule has 0 amide bonds. The molecule has 3 aliphatic rings. The van der Waals surface area contributed by atoms with Crippen LogP contribution in [0.25, 0.3) is 0 Å². The monoisotopic (exact) mass is 802 g/mol. The molecule has 3 saturated heterocycles. The van der Waals surface area contributed by atoms with Crippen LogP contribution in [0.5, 0.6) is 0 Å². The van der Waals surface area contributed by atoms with Gasteiger partial charge in [-0.15, -0.1) is 0 Å². The van der Waals surface area contributed by atoms with E-state index in [9.17, 15) is 25.2 Å². The van der Waals surface area contributed by atoms with Crippen molar-refractivity contribution >= 4 is 17.4 Å². The zero-order valence-electron chi connectivity index (χ0n) is 36.9. The van der Waals surface area contributed by atoms with Gasteiger partial charge in [-0.3, -0.25) is 4.79 Å². The molecule has 0 saturated carbocycles. The van der Waals surface area contributed by atoms with Crippen molar-refractivity contribution in [2.24, 2.45) is 33.9 Å². The number of hydrogen-bond acceptors (Lipinski definition) is 15. The number of methoxy groups -OCH3 is 2. The van der Waals surface area contributed by atoms with Gasteiger partial charge in [0.1, 0.15) is 23.9 Å². The number of hydrogen-bond donors (Lipinski definition) is 4. The molecule has 0 radical (unpaired) electrons. The predicted octanol–water partition coefficient (Wildman–Crippen LogP) is 3.71. The number of ether oxygens (including phenoxy) is 7. The van der Waals surface area contributed by atoms with Gasteiger partial charge in [0.05, 0.1) is 47.6 Å². The molecular formula is C41H75N3O12. The van der Waals surface area contributed by atoms with Crippen LogP contribution in [0.4, 0.5) is 0 Å². The Balaban J connectivity index is 2.31. The molecule has 0 aromatic carbocycles. The second-order valence-corrected chi connectivity index (χ2v) is 17.8. The molecule has 0 unspecified atom stereocenters. The van der Waals surface area contributed by atoms with E-state index in [2.05, 4.69) is 10.2 Å². The maximum absolute atomic E-state index is 14.4. The van der Waals surface area contributed by atoms with Crippen LogP contribution in [0.1, 0.15) is 109 Å². The summed E-state index contributed by atoms with van der Waals surface area (Å²) in [6, 6.07) is -0.267. The second kappa shape index (κ2) is 19.6. The van der Waals surface area contributed by atoms with Crippen LogP contribution in [0, 0.1) is 23.7 Å². The van der Waals surface area contributed by atoms with Gasteiger partial charge in [0, 0.05) is 49.9 Å². The van der Waals surface area contributed by atoms with Crippen molar-refractivity contribution in [3.05, 3.63) is 0 Å². The first kappa shape index (κ1) is 48.7. The Kier molecular flexibility index (Phi) is 17.1. The summed E-state index contributed by atoms with van der Waals surface area (Å²) in [4.78, 5) is 16.3. The summed E-state index contributed by atoms with van der Waals surface area (Å²) in [7, 11) is 6.90. The highest BCUT2D eigenvalue weighted by atomic mass is 16.7. The molecular weight excluding hydrogens is 726 g/mol. The number of carbonyl (C=O) groups excluding carboxylic acids is 1. The first-order valence-corrected chi connectivity index (χ1v) is 20.3. The van der Waals surface area contributed by atoms with E-state index in [1.165, 1.54) is 14.0 Å². The molecule has 18 atom stereocenters. The third-order valence-electron chi connectivity index (χ3n) is 12.7. The van der Waals surface area contributed by atoms with Gasteiger partial charge in [-0.2, -0.15) is 10.2 Å². The maximum Gasteiger partial charge on any atom is 0.311 e. The third kappa shape index (κ3) is 10.8. The first-order chi connectivity index (χ1) is 25.9. The van der Waals surface area contributed by atoms with E-state index in [-0.39, 0.29) is 31.4 Å². The molecule has 15 nitrogen and oxygen atoms in total. The summed E-state index contributed by atoms with van der Waals surface area (Å²) < 4.78 is 44.6. The van der Waals surface area contributed by atoms with E-state index in [1.54, 1.807) is 41.7 Å². The summed E-state index contributed by atoms with van der Waals surface area (Å²) in [6.07, 6.45) is -8.10. The number of cyclic esters (lactones) is 1. The summed E-state index contributed by atoms with van der Waals surface area (Å²) in [6.45, 7) is 21.5. The molecule has 3 fully saturated rings. The fraction of sp³-hybridized carbons (Fsp3) is 0.927. The maximum atomic E-state index is 14.4. The van der Waals surface area contributed by atoms with Gasteiger partial charge in [-0.25, -0.2) is 0 Å². The molecule has 4 N–H and O–H groups in total. The molecule has 0 spiro atoms. The minimum atomic E-state index is -1.89. The zero-order valence-corrected chi connectivity index (χ0v) is 36.9. The van der Waals surface area contributed by atoms with Crippen molar-refractivity contribution in [1.82, 2.24) is 4.90 Å². The van der Waals surface area contributed by atoms with Gasteiger partial charge in [0.15, 0.2) is 12.6 Å². The van der Waals surface area contributed by atoms with Gasteiger partial charge in [-0.05, 0) is 94.7 Å². The molecule has 56 heavy (non-hydrogen) atoms. The van der Waals surface area contributed by atoms with Crippen molar-refractivity contribution in [2.75, 3.05) is 28.3 Å². The summed E-state index contributed by atoms with van der Waals surface area (Å²) in [5.41, 5.74) is -2.88. The van der Waals surface area contributed by atoms with Crippen LogP contribution < -0.4 is 0 Å². The SMILES string of the molecule is CC[C@H]1OC(=O)[C@H](C)[C@@H](O[C@H]2C[C@@](C)(OC)[C@@H](O)[C@H](C)O2)[C@H](C)[C@@H](O[C@@H]2O[C@H](C)C[C@H](N(C)C)[C@H]2O)[C@](C)(OC)C[C@@H](C)/C(=N\N=C(C)C)[C@H](C)[C@@H](O)[C@]1(C)O. The van der Waals surface area contributed by atoms with Crippen LogP contribution in [0.15, 0.2) is 10.2 Å². The van der Waals surface area contributed by atoms with Crippen molar-refractivity contribution in [3.63, 3.8) is 0 Å². The normalized spacial score (nSPS) is 47.0. The minimum Gasteiger partial charge on any atom is -0.459 e. The standard InChI is InChI=1S/C41H75N3O12/c1-17-29-41(12,49)34(46)24(6)31(43-42-21(2)3)22(4)19-40(11,51-16)36(56-38-32(45)28(44(13)14)18-23(5)52-38)25(7)33(26(8)37(48)54-29)55-30-20-39(10,50-15)35(47)27(9)53-30/h22-30,32-36,38,45-47,49H,17-20H2,1-16H3/b43-31+/t22-,23-,24+,25+,26-,27+,28+,29-,30+,32-,33+,34-,35+,36-,38+,39-,40-,41-/m1/s1. The van der Waals surface area contributed by atoms with E-state index < -0.39 is 102 Å². The van der Waals surface area contributed by atoms with Crippen LogP contribution in [-0.2, 0) is 38.0 Å². The number of esters is 1. The zero-order chi connectivity index (χ0) is 42.7. The summed E-state index contributed by atoms with van der Waals surface area (Å²) >= 11 is 0. The summed E-state index contributed by atoms with van der Waals surface area (Å²) in [5.74, 6) is -3.47. The van der Waals surface area contributed by atoms with Gasteiger partial charge in [-0.1, -0.05) is 27.7 Å². The van der Waals surface area contributed by atoms with Crippen molar-refractivity contribution in [3.8, 4) is 0 Å². The Bertz CT molecular complexity index is 1340. The Labute approximate surface area is 335 Å². The van der Waals surface area contributed by atoms with Gasteiger partial charge >= 0.3 is 5.97 Å². The molecule has 0 aliphatic carbocycles. The Morgan fingerprint density at radius 2 is 1.50 bits per heavy atom. The lowest BCUT2D eigenvalue weighted by Gasteiger charge is -2.50. The van der Waals surface area contributed by atoms with Gasteiger partial charge in [0.2, 0.25) is 0 Å². The van der Waals surface area contributed by atoms with E-state index in [1.807, 2.05) is 60.5 Å². The average molecular weight is 802 g/mol. The molecule has 0 aromatic rings.